The summed E-state index contributed by atoms with van der Waals surface area (Å²) < 4.78 is 10.4. The molecule has 31 heavy (non-hydrogen) atoms. The zero-order chi connectivity index (χ0) is 22.2. The number of hydrogen-bond acceptors (Lipinski definition) is 6. The minimum absolute atomic E-state index is 0.173. The molecule has 7 heteroatoms. The highest BCUT2D eigenvalue weighted by Gasteiger charge is 2.19. The molecule has 0 radical (unpaired) electrons. The van der Waals surface area contributed by atoms with Crippen molar-refractivity contribution < 1.29 is 19.1 Å². The number of carbonyl (C=O) groups is 1. The van der Waals surface area contributed by atoms with E-state index in [1.54, 1.807) is 25.4 Å². The smallest absolute Gasteiger partial charge is 0.310 e. The maximum Gasteiger partial charge on any atom is 0.310 e. The molecular weight excluding hydrogens is 434 g/mol. The number of rotatable bonds is 9. The van der Waals surface area contributed by atoms with Crippen molar-refractivity contribution >= 4 is 34.6 Å². The van der Waals surface area contributed by atoms with Gasteiger partial charge in [0.05, 0.1) is 25.0 Å². The van der Waals surface area contributed by atoms with Crippen molar-refractivity contribution in [1.29, 1.82) is 0 Å². The lowest BCUT2D eigenvalue weighted by Crippen LogP contribution is -2.07. The highest BCUT2D eigenvalue weighted by Crippen LogP contribution is 2.35. The average molecular weight is 458 g/mol. The average Bonchev–Trinajstić information content (AvgIpc) is 3.18. The molecule has 0 N–H and O–H groups in total. The number of nitrogens with zero attached hydrogens (tertiary/aromatic N) is 1. The summed E-state index contributed by atoms with van der Waals surface area (Å²) >= 11 is 7.61. The molecule has 1 heterocycles. The van der Waals surface area contributed by atoms with Crippen LogP contribution in [-0.2, 0) is 20.8 Å². The lowest BCUT2D eigenvalue weighted by Gasteiger charge is -2.06. The zero-order valence-electron chi connectivity index (χ0n) is 17.7. The van der Waals surface area contributed by atoms with Crippen LogP contribution >= 0.6 is 22.9 Å². The monoisotopic (exact) mass is 457 g/mol. The van der Waals surface area contributed by atoms with Crippen molar-refractivity contribution in [2.24, 2.45) is 5.16 Å². The fraction of sp³-hybridized carbons (Fsp3) is 0.250. The van der Waals surface area contributed by atoms with Crippen molar-refractivity contribution in [2.45, 2.75) is 20.3 Å². The van der Waals surface area contributed by atoms with Gasteiger partial charge >= 0.3 is 5.97 Å². The van der Waals surface area contributed by atoms with Crippen LogP contribution in [0.4, 0.5) is 0 Å². The SMILES string of the molecule is CCON=C(c1ccc(OC)cc1)c1cc(CC(=O)OCC)c(-c2ccc(Cl)cc2)s1. The quantitative estimate of drug-likeness (QED) is 0.225. The van der Waals surface area contributed by atoms with E-state index in [0.717, 1.165) is 32.2 Å². The first-order valence-corrected chi connectivity index (χ1v) is 11.1. The van der Waals surface area contributed by atoms with Gasteiger partial charge in [0, 0.05) is 15.5 Å². The molecule has 0 atom stereocenters. The van der Waals surface area contributed by atoms with Gasteiger partial charge in [0.1, 0.15) is 18.1 Å². The van der Waals surface area contributed by atoms with Crippen molar-refractivity contribution in [3.63, 3.8) is 0 Å². The zero-order valence-corrected chi connectivity index (χ0v) is 19.3. The Morgan fingerprint density at radius 2 is 1.74 bits per heavy atom. The molecule has 0 spiro atoms. The van der Waals surface area contributed by atoms with Crippen LogP contribution in [0.5, 0.6) is 5.75 Å². The second kappa shape index (κ2) is 11.0. The van der Waals surface area contributed by atoms with Gasteiger partial charge in [-0.2, -0.15) is 0 Å². The van der Waals surface area contributed by atoms with E-state index in [2.05, 4.69) is 5.16 Å². The van der Waals surface area contributed by atoms with E-state index in [-0.39, 0.29) is 12.4 Å². The Hall–Kier alpha value is -2.83. The molecule has 5 nitrogen and oxygen atoms in total. The van der Waals surface area contributed by atoms with Crippen molar-refractivity contribution in [3.8, 4) is 16.2 Å². The van der Waals surface area contributed by atoms with Gasteiger partial charge in [0.15, 0.2) is 0 Å². The molecular formula is C24H24ClNO4S. The summed E-state index contributed by atoms with van der Waals surface area (Å²) in [6, 6.07) is 17.2. The molecule has 0 bridgehead atoms. The van der Waals surface area contributed by atoms with Crippen LogP contribution in [0.25, 0.3) is 10.4 Å². The Labute approximate surface area is 191 Å². The standard InChI is InChI=1S/C24H24ClNO4S/c1-4-29-22(27)15-18-14-21(31-24(18)17-6-10-19(25)11-7-17)23(26-30-5-2)16-8-12-20(28-3)13-9-16/h6-14H,4-5,15H2,1-3H3. The Morgan fingerprint density at radius 1 is 1.03 bits per heavy atom. The van der Waals surface area contributed by atoms with Crippen LogP contribution in [0, 0.1) is 0 Å². The number of benzene rings is 2. The third-order valence-corrected chi connectivity index (χ3v) is 5.92. The second-order valence-electron chi connectivity index (χ2n) is 6.54. The van der Waals surface area contributed by atoms with Crippen LogP contribution in [0.3, 0.4) is 0 Å². The highest BCUT2D eigenvalue weighted by atomic mass is 35.5. The Balaban J connectivity index is 2.07. The molecule has 0 saturated carbocycles. The molecule has 3 rings (SSSR count). The molecule has 0 amide bonds. The van der Waals surface area contributed by atoms with Gasteiger partial charge in [-0.15, -0.1) is 11.3 Å². The van der Waals surface area contributed by atoms with E-state index in [1.165, 1.54) is 0 Å². The number of ether oxygens (including phenoxy) is 2. The molecule has 1 aromatic heterocycles. The van der Waals surface area contributed by atoms with Gasteiger partial charge in [0.2, 0.25) is 0 Å². The first-order valence-electron chi connectivity index (χ1n) is 9.94. The number of hydrogen-bond donors (Lipinski definition) is 0. The maximum atomic E-state index is 12.2. The van der Waals surface area contributed by atoms with Gasteiger partial charge in [-0.3, -0.25) is 4.79 Å². The highest BCUT2D eigenvalue weighted by molar-refractivity contribution is 7.17. The van der Waals surface area contributed by atoms with Gasteiger partial charge in [-0.1, -0.05) is 28.9 Å². The van der Waals surface area contributed by atoms with Gasteiger partial charge in [-0.05, 0) is 67.4 Å². The molecule has 0 unspecified atom stereocenters. The van der Waals surface area contributed by atoms with E-state index in [9.17, 15) is 4.79 Å². The van der Waals surface area contributed by atoms with E-state index in [0.29, 0.717) is 23.9 Å². The van der Waals surface area contributed by atoms with Crippen molar-refractivity contribution in [3.05, 3.63) is 75.6 Å². The van der Waals surface area contributed by atoms with Gasteiger partial charge in [0.25, 0.3) is 0 Å². The largest absolute Gasteiger partial charge is 0.497 e. The number of oxime groups is 1. The van der Waals surface area contributed by atoms with E-state index < -0.39 is 0 Å². The third kappa shape index (κ3) is 5.87. The number of carbonyl (C=O) groups excluding carboxylic acids is 1. The third-order valence-electron chi connectivity index (χ3n) is 4.44. The predicted molar refractivity (Wildman–Crippen MR) is 125 cm³/mol. The molecule has 0 aliphatic rings. The molecule has 0 fully saturated rings. The minimum Gasteiger partial charge on any atom is -0.497 e. The number of esters is 1. The molecule has 2 aromatic carbocycles. The van der Waals surface area contributed by atoms with Crippen LogP contribution in [0.1, 0.15) is 29.9 Å². The lowest BCUT2D eigenvalue weighted by atomic mass is 10.0. The summed E-state index contributed by atoms with van der Waals surface area (Å²) in [4.78, 5) is 19.5. The fourth-order valence-corrected chi connectivity index (χ4v) is 4.32. The molecule has 0 aliphatic carbocycles. The minimum atomic E-state index is -0.269. The summed E-state index contributed by atoms with van der Waals surface area (Å²) in [5.74, 6) is 0.491. The summed E-state index contributed by atoms with van der Waals surface area (Å²) in [6.07, 6.45) is 0.173. The Kier molecular flexibility index (Phi) is 8.09. The fourth-order valence-electron chi connectivity index (χ4n) is 3.01. The van der Waals surface area contributed by atoms with Crippen molar-refractivity contribution in [2.75, 3.05) is 20.3 Å². The second-order valence-corrected chi connectivity index (χ2v) is 8.03. The summed E-state index contributed by atoms with van der Waals surface area (Å²) in [7, 11) is 1.63. The number of halogens is 1. The van der Waals surface area contributed by atoms with Gasteiger partial charge in [-0.25, -0.2) is 0 Å². The first-order chi connectivity index (χ1) is 15.0. The Morgan fingerprint density at radius 3 is 2.35 bits per heavy atom. The molecule has 0 saturated heterocycles. The summed E-state index contributed by atoms with van der Waals surface area (Å²) in [5.41, 5.74) is 3.43. The topological polar surface area (TPSA) is 57.1 Å². The van der Waals surface area contributed by atoms with E-state index in [1.807, 2.05) is 61.5 Å². The van der Waals surface area contributed by atoms with E-state index >= 15 is 0 Å². The lowest BCUT2D eigenvalue weighted by molar-refractivity contribution is -0.142. The predicted octanol–water partition coefficient (Wildman–Crippen LogP) is 5.97. The van der Waals surface area contributed by atoms with Crippen LogP contribution in [0.15, 0.2) is 59.8 Å². The van der Waals surface area contributed by atoms with Crippen LogP contribution < -0.4 is 4.74 Å². The van der Waals surface area contributed by atoms with Gasteiger partial charge < -0.3 is 14.3 Å². The molecule has 3 aromatic rings. The molecule has 0 aliphatic heterocycles. The van der Waals surface area contributed by atoms with Crippen molar-refractivity contribution in [1.82, 2.24) is 0 Å². The summed E-state index contributed by atoms with van der Waals surface area (Å²) in [5, 5.41) is 5.02. The number of methoxy groups -OCH3 is 1. The number of thiophene rings is 1. The van der Waals surface area contributed by atoms with E-state index in [4.69, 9.17) is 25.9 Å². The summed E-state index contributed by atoms with van der Waals surface area (Å²) in [6.45, 7) is 4.47. The first kappa shape index (κ1) is 22.8. The Bertz CT molecular complexity index is 1040. The van der Waals surface area contributed by atoms with Crippen LogP contribution in [0.2, 0.25) is 5.02 Å². The molecule has 162 valence electrons. The maximum absolute atomic E-state index is 12.2. The normalized spacial score (nSPS) is 11.3. The van der Waals surface area contributed by atoms with Crippen LogP contribution in [-0.4, -0.2) is 32.0 Å².